The van der Waals surface area contributed by atoms with Gasteiger partial charge < -0.3 is 14.0 Å². The zero-order valence-corrected chi connectivity index (χ0v) is 16.0. The van der Waals surface area contributed by atoms with Crippen LogP contribution in [0.5, 0.6) is 11.5 Å². The Balaban J connectivity index is 1.84. The highest BCUT2D eigenvalue weighted by atomic mass is 32.1. The van der Waals surface area contributed by atoms with E-state index in [9.17, 15) is 4.79 Å². The van der Waals surface area contributed by atoms with E-state index in [1.165, 1.54) is 22.7 Å². The number of amides is 1. The molecule has 1 amide bonds. The second kappa shape index (κ2) is 6.54. The van der Waals surface area contributed by atoms with Crippen LogP contribution < -0.4 is 14.3 Å². The van der Waals surface area contributed by atoms with Crippen molar-refractivity contribution in [2.75, 3.05) is 14.2 Å². The number of fused-ring (bicyclic) bond motifs is 2. The standard InChI is InChI=1S/C18H15N3O3S2/c1-21-16-13(24-3)7-11(23-2)8-15(16)26-18(21)20-17(22)10-4-5-12-14(6-10)25-9-19-12/h4-9H,1-3H3. The number of nitrogens with zero attached hydrogens (tertiary/aromatic N) is 3. The third kappa shape index (κ3) is 2.77. The van der Waals surface area contributed by atoms with Crippen molar-refractivity contribution in [2.45, 2.75) is 0 Å². The molecule has 8 heteroatoms. The summed E-state index contributed by atoms with van der Waals surface area (Å²) in [4.78, 5) is 21.8. The van der Waals surface area contributed by atoms with E-state index >= 15 is 0 Å². The monoisotopic (exact) mass is 385 g/mol. The lowest BCUT2D eigenvalue weighted by atomic mass is 10.2. The number of benzene rings is 2. The molecule has 0 aliphatic rings. The lowest BCUT2D eigenvalue weighted by Gasteiger charge is -2.06. The summed E-state index contributed by atoms with van der Waals surface area (Å²) < 4.78 is 14.6. The maximum absolute atomic E-state index is 12.6. The molecule has 0 N–H and O–H groups in total. The molecule has 0 spiro atoms. The van der Waals surface area contributed by atoms with Crippen molar-refractivity contribution in [2.24, 2.45) is 12.0 Å². The lowest BCUT2D eigenvalue weighted by Crippen LogP contribution is -2.13. The molecule has 6 nitrogen and oxygen atoms in total. The molecule has 4 rings (SSSR count). The normalized spacial score (nSPS) is 12.0. The number of hydrogen-bond donors (Lipinski definition) is 0. The minimum atomic E-state index is -0.284. The average Bonchev–Trinajstić information content (AvgIpc) is 3.25. The predicted octanol–water partition coefficient (Wildman–Crippen LogP) is 3.61. The van der Waals surface area contributed by atoms with Crippen molar-refractivity contribution in [1.82, 2.24) is 9.55 Å². The largest absolute Gasteiger partial charge is 0.497 e. The second-order valence-electron chi connectivity index (χ2n) is 5.57. The van der Waals surface area contributed by atoms with Crippen molar-refractivity contribution in [3.05, 3.63) is 46.2 Å². The number of thiazole rings is 2. The van der Waals surface area contributed by atoms with Gasteiger partial charge in [0.2, 0.25) is 0 Å². The van der Waals surface area contributed by atoms with Gasteiger partial charge in [-0.05, 0) is 24.3 Å². The lowest BCUT2D eigenvalue weighted by molar-refractivity contribution is 0.0998. The SMILES string of the molecule is COc1cc(OC)c2c(c1)sc(=NC(=O)c1ccc3ncsc3c1)n2C. The van der Waals surface area contributed by atoms with Crippen LogP contribution in [0.1, 0.15) is 10.4 Å². The fraction of sp³-hybridized carbons (Fsp3) is 0.167. The smallest absolute Gasteiger partial charge is 0.279 e. The molecular weight excluding hydrogens is 370 g/mol. The molecule has 2 aromatic heterocycles. The molecule has 0 aliphatic heterocycles. The fourth-order valence-corrected chi connectivity index (χ4v) is 4.52. The highest BCUT2D eigenvalue weighted by Crippen LogP contribution is 2.32. The zero-order chi connectivity index (χ0) is 18.3. The number of hydrogen-bond acceptors (Lipinski definition) is 6. The zero-order valence-electron chi connectivity index (χ0n) is 14.3. The predicted molar refractivity (Wildman–Crippen MR) is 103 cm³/mol. The summed E-state index contributed by atoms with van der Waals surface area (Å²) in [7, 11) is 5.09. The molecule has 0 atom stereocenters. The number of ether oxygens (including phenoxy) is 2. The minimum Gasteiger partial charge on any atom is -0.497 e. The Labute approximate surface area is 157 Å². The van der Waals surface area contributed by atoms with Crippen LogP contribution in [0.3, 0.4) is 0 Å². The van der Waals surface area contributed by atoms with Crippen LogP contribution in [0.25, 0.3) is 20.4 Å². The van der Waals surface area contributed by atoms with Crippen molar-refractivity contribution in [3.63, 3.8) is 0 Å². The van der Waals surface area contributed by atoms with E-state index in [1.54, 1.807) is 25.8 Å². The number of methoxy groups -OCH3 is 2. The molecule has 0 bridgehead atoms. The van der Waals surface area contributed by atoms with Gasteiger partial charge in [-0.25, -0.2) is 4.98 Å². The van der Waals surface area contributed by atoms with Crippen LogP contribution in [0.15, 0.2) is 40.8 Å². The highest BCUT2D eigenvalue weighted by molar-refractivity contribution is 7.17. The molecule has 0 aliphatic carbocycles. The van der Waals surface area contributed by atoms with Crippen molar-refractivity contribution >= 4 is 49.0 Å². The molecule has 132 valence electrons. The van der Waals surface area contributed by atoms with Crippen molar-refractivity contribution < 1.29 is 14.3 Å². The van der Waals surface area contributed by atoms with Gasteiger partial charge in [0.1, 0.15) is 17.0 Å². The van der Waals surface area contributed by atoms with Crippen molar-refractivity contribution in [1.29, 1.82) is 0 Å². The first-order valence-corrected chi connectivity index (χ1v) is 9.44. The maximum atomic E-state index is 12.6. The molecular formula is C18H15N3O3S2. The third-order valence-corrected chi connectivity index (χ3v) is 5.94. The molecule has 4 aromatic rings. The van der Waals surface area contributed by atoms with E-state index in [0.29, 0.717) is 21.9 Å². The third-order valence-electron chi connectivity index (χ3n) is 4.07. The van der Waals surface area contributed by atoms with Gasteiger partial charge in [-0.2, -0.15) is 4.99 Å². The van der Waals surface area contributed by atoms with Crippen LogP contribution in [0.2, 0.25) is 0 Å². The van der Waals surface area contributed by atoms with Gasteiger partial charge in [0.15, 0.2) is 4.80 Å². The Bertz CT molecular complexity index is 1200. The Hall–Kier alpha value is -2.71. The molecule has 2 heterocycles. The van der Waals surface area contributed by atoms with E-state index in [0.717, 1.165) is 20.4 Å². The van der Waals surface area contributed by atoms with Gasteiger partial charge in [-0.1, -0.05) is 11.3 Å². The summed E-state index contributed by atoms with van der Waals surface area (Å²) >= 11 is 2.92. The van der Waals surface area contributed by atoms with Crippen LogP contribution in [-0.4, -0.2) is 29.7 Å². The number of rotatable bonds is 3. The average molecular weight is 385 g/mol. The molecule has 2 aromatic carbocycles. The van der Waals surface area contributed by atoms with E-state index in [-0.39, 0.29) is 5.91 Å². The highest BCUT2D eigenvalue weighted by Gasteiger charge is 2.13. The molecule has 0 fully saturated rings. The van der Waals surface area contributed by atoms with Crippen LogP contribution in [0.4, 0.5) is 0 Å². The van der Waals surface area contributed by atoms with E-state index in [2.05, 4.69) is 9.98 Å². The Kier molecular flexibility index (Phi) is 4.21. The summed E-state index contributed by atoms with van der Waals surface area (Å²) in [6, 6.07) is 9.15. The Morgan fingerprint density at radius 1 is 1.15 bits per heavy atom. The van der Waals surface area contributed by atoms with Crippen LogP contribution in [0, 0.1) is 0 Å². The van der Waals surface area contributed by atoms with E-state index < -0.39 is 0 Å². The minimum absolute atomic E-state index is 0.284. The summed E-state index contributed by atoms with van der Waals surface area (Å²) in [5.41, 5.74) is 4.07. The quantitative estimate of drug-likeness (QED) is 0.540. The first kappa shape index (κ1) is 16.7. The molecule has 26 heavy (non-hydrogen) atoms. The van der Waals surface area contributed by atoms with Gasteiger partial charge in [-0.3, -0.25) is 4.79 Å². The summed E-state index contributed by atoms with van der Waals surface area (Å²) in [6.07, 6.45) is 0. The summed E-state index contributed by atoms with van der Waals surface area (Å²) in [5, 5.41) is 0. The first-order valence-electron chi connectivity index (χ1n) is 7.74. The molecule has 0 unspecified atom stereocenters. The van der Waals surface area contributed by atoms with E-state index in [4.69, 9.17) is 9.47 Å². The van der Waals surface area contributed by atoms with Gasteiger partial charge in [0, 0.05) is 18.7 Å². The van der Waals surface area contributed by atoms with Crippen molar-refractivity contribution in [3.8, 4) is 11.5 Å². The van der Waals surface area contributed by atoms with Gasteiger partial charge in [0.05, 0.1) is 34.6 Å². The fourth-order valence-electron chi connectivity index (χ4n) is 2.74. The second-order valence-corrected chi connectivity index (χ2v) is 7.47. The summed E-state index contributed by atoms with van der Waals surface area (Å²) in [5.74, 6) is 1.09. The van der Waals surface area contributed by atoms with Crippen LogP contribution >= 0.6 is 22.7 Å². The Morgan fingerprint density at radius 2 is 2.00 bits per heavy atom. The van der Waals surface area contributed by atoms with Gasteiger partial charge in [0.25, 0.3) is 5.91 Å². The molecule has 0 radical (unpaired) electrons. The van der Waals surface area contributed by atoms with E-state index in [1.807, 2.05) is 35.9 Å². The number of aryl methyl sites for hydroxylation is 1. The van der Waals surface area contributed by atoms with Gasteiger partial charge in [-0.15, -0.1) is 11.3 Å². The molecule has 0 saturated heterocycles. The maximum Gasteiger partial charge on any atom is 0.279 e. The Morgan fingerprint density at radius 3 is 2.77 bits per heavy atom. The van der Waals surface area contributed by atoms with Gasteiger partial charge >= 0.3 is 0 Å². The first-order chi connectivity index (χ1) is 12.6. The molecule has 0 saturated carbocycles. The van der Waals surface area contributed by atoms with Crippen LogP contribution in [-0.2, 0) is 7.05 Å². The number of carbonyl (C=O) groups is 1. The number of aromatic nitrogens is 2. The topological polar surface area (TPSA) is 65.7 Å². The summed E-state index contributed by atoms with van der Waals surface area (Å²) in [6.45, 7) is 0. The number of carbonyl (C=O) groups excluding carboxylic acids is 1.